The first-order valence-electron chi connectivity index (χ1n) is 4.70. The van der Waals surface area contributed by atoms with Gasteiger partial charge in [0.25, 0.3) is 0 Å². The number of rotatable bonds is 2. The Balaban J connectivity index is 2.21. The Morgan fingerprint density at radius 1 is 1.21 bits per heavy atom. The van der Waals surface area contributed by atoms with Crippen molar-refractivity contribution in [2.45, 2.75) is 5.60 Å². The van der Waals surface area contributed by atoms with E-state index in [4.69, 9.17) is 4.74 Å². The summed E-state index contributed by atoms with van der Waals surface area (Å²) in [6.07, 6.45) is 0. The van der Waals surface area contributed by atoms with Gasteiger partial charge in [-0.05, 0) is 17.7 Å². The maximum atomic E-state index is 9.97. The van der Waals surface area contributed by atoms with Gasteiger partial charge in [0.15, 0.2) is 0 Å². The van der Waals surface area contributed by atoms with Gasteiger partial charge < -0.3 is 14.7 Å². The second kappa shape index (κ2) is 3.26. The van der Waals surface area contributed by atoms with E-state index in [1.807, 2.05) is 43.3 Å². The zero-order valence-corrected chi connectivity index (χ0v) is 8.53. The first-order valence-corrected chi connectivity index (χ1v) is 4.70. The summed E-state index contributed by atoms with van der Waals surface area (Å²) in [6, 6.07) is 7.92. The van der Waals surface area contributed by atoms with Crippen molar-refractivity contribution >= 4 is 5.69 Å². The van der Waals surface area contributed by atoms with Gasteiger partial charge in [-0.25, -0.2) is 0 Å². The molecule has 0 bridgehead atoms. The summed E-state index contributed by atoms with van der Waals surface area (Å²) in [5, 5.41) is 9.97. The quantitative estimate of drug-likeness (QED) is 0.759. The highest BCUT2D eigenvalue weighted by molar-refractivity contribution is 5.47. The molecule has 3 heteroatoms. The fraction of sp³-hybridized carbons (Fsp3) is 0.455. The minimum atomic E-state index is -0.745. The molecule has 1 aromatic carbocycles. The molecule has 0 radical (unpaired) electrons. The molecule has 0 aromatic heterocycles. The summed E-state index contributed by atoms with van der Waals surface area (Å²) in [5.41, 5.74) is 1.33. The lowest BCUT2D eigenvalue weighted by atomic mass is 9.92. The normalized spacial score (nSPS) is 18.8. The number of nitrogens with zero attached hydrogens (tertiary/aromatic N) is 1. The molecular weight excluding hydrogens is 178 g/mol. The molecule has 2 rings (SSSR count). The van der Waals surface area contributed by atoms with Gasteiger partial charge in [0, 0.05) is 19.8 Å². The molecule has 0 atom stereocenters. The number of hydrogen-bond acceptors (Lipinski definition) is 3. The molecular formula is C11H15NO2. The number of anilines is 1. The van der Waals surface area contributed by atoms with Crippen molar-refractivity contribution in [3.63, 3.8) is 0 Å². The Kier molecular flexibility index (Phi) is 2.21. The van der Waals surface area contributed by atoms with Crippen LogP contribution in [-0.2, 0) is 10.3 Å². The van der Waals surface area contributed by atoms with Gasteiger partial charge in [0.05, 0.1) is 13.2 Å². The van der Waals surface area contributed by atoms with Crippen LogP contribution in [0.2, 0.25) is 0 Å². The molecule has 76 valence electrons. The van der Waals surface area contributed by atoms with E-state index in [1.165, 1.54) is 0 Å². The molecule has 0 spiro atoms. The van der Waals surface area contributed by atoms with E-state index in [1.54, 1.807) is 0 Å². The van der Waals surface area contributed by atoms with Gasteiger partial charge in [0.1, 0.15) is 5.60 Å². The van der Waals surface area contributed by atoms with E-state index in [-0.39, 0.29) is 0 Å². The predicted octanol–water partition coefficient (Wildman–Crippen LogP) is 0.970. The summed E-state index contributed by atoms with van der Waals surface area (Å²) in [6.45, 7) is 0.822. The van der Waals surface area contributed by atoms with Crippen LogP contribution >= 0.6 is 0 Å². The second-order valence-corrected chi connectivity index (χ2v) is 3.97. The number of ether oxygens (including phenoxy) is 1. The maximum Gasteiger partial charge on any atom is 0.136 e. The largest absolute Gasteiger partial charge is 0.380 e. The summed E-state index contributed by atoms with van der Waals surface area (Å²) >= 11 is 0. The van der Waals surface area contributed by atoms with Crippen LogP contribution in [0, 0.1) is 0 Å². The zero-order valence-electron chi connectivity index (χ0n) is 8.53. The molecule has 1 aliphatic heterocycles. The molecule has 3 nitrogen and oxygen atoms in total. The van der Waals surface area contributed by atoms with Crippen molar-refractivity contribution < 1.29 is 9.84 Å². The first kappa shape index (κ1) is 9.49. The molecule has 1 saturated heterocycles. The van der Waals surface area contributed by atoms with Crippen molar-refractivity contribution in [3.8, 4) is 0 Å². The average molecular weight is 193 g/mol. The van der Waals surface area contributed by atoms with E-state index < -0.39 is 5.60 Å². The van der Waals surface area contributed by atoms with Crippen molar-refractivity contribution in [1.29, 1.82) is 0 Å². The zero-order chi connectivity index (χ0) is 10.2. The molecule has 0 aliphatic carbocycles. The van der Waals surface area contributed by atoms with Gasteiger partial charge in [-0.2, -0.15) is 0 Å². The van der Waals surface area contributed by atoms with Crippen LogP contribution in [0.5, 0.6) is 0 Å². The Bertz CT molecular complexity index is 315. The third-order valence-corrected chi connectivity index (χ3v) is 2.60. The lowest BCUT2D eigenvalue weighted by Gasteiger charge is -2.36. The third kappa shape index (κ3) is 1.49. The summed E-state index contributed by atoms with van der Waals surface area (Å²) in [5.74, 6) is 0. The molecule has 1 heterocycles. The minimum Gasteiger partial charge on any atom is -0.380 e. The maximum absolute atomic E-state index is 9.97. The summed E-state index contributed by atoms with van der Waals surface area (Å²) < 4.78 is 5.01. The fourth-order valence-corrected chi connectivity index (χ4v) is 1.53. The van der Waals surface area contributed by atoms with Crippen LogP contribution in [0.3, 0.4) is 0 Å². The van der Waals surface area contributed by atoms with Crippen molar-refractivity contribution in [2.24, 2.45) is 0 Å². The number of hydrogen-bond donors (Lipinski definition) is 1. The van der Waals surface area contributed by atoms with Crippen molar-refractivity contribution in [3.05, 3.63) is 29.8 Å². The van der Waals surface area contributed by atoms with Crippen molar-refractivity contribution in [2.75, 3.05) is 32.2 Å². The molecule has 14 heavy (non-hydrogen) atoms. The SMILES string of the molecule is CN(C)c1ccc(C2(O)COC2)cc1. The minimum absolute atomic E-state index is 0.411. The standard InChI is InChI=1S/C11H15NO2/c1-12(2)10-5-3-9(4-6-10)11(13)7-14-8-11/h3-6,13H,7-8H2,1-2H3. The first-order chi connectivity index (χ1) is 6.62. The highest BCUT2D eigenvalue weighted by Crippen LogP contribution is 2.30. The monoisotopic (exact) mass is 193 g/mol. The molecule has 1 aromatic rings. The van der Waals surface area contributed by atoms with Crippen LogP contribution in [0.4, 0.5) is 5.69 Å². The lowest BCUT2D eigenvalue weighted by Crippen LogP contribution is -2.46. The molecule has 1 aliphatic rings. The third-order valence-electron chi connectivity index (χ3n) is 2.60. The summed E-state index contributed by atoms with van der Waals surface area (Å²) in [4.78, 5) is 2.03. The van der Waals surface area contributed by atoms with E-state index >= 15 is 0 Å². The predicted molar refractivity (Wildman–Crippen MR) is 55.5 cm³/mol. The highest BCUT2D eigenvalue weighted by Gasteiger charge is 2.37. The van der Waals surface area contributed by atoms with Gasteiger partial charge >= 0.3 is 0 Å². The Morgan fingerprint density at radius 2 is 1.79 bits per heavy atom. The molecule has 0 amide bonds. The van der Waals surface area contributed by atoms with Crippen LogP contribution in [-0.4, -0.2) is 32.4 Å². The molecule has 1 N–H and O–H groups in total. The summed E-state index contributed by atoms with van der Waals surface area (Å²) in [7, 11) is 3.99. The highest BCUT2D eigenvalue weighted by atomic mass is 16.5. The van der Waals surface area contributed by atoms with Crippen molar-refractivity contribution in [1.82, 2.24) is 0 Å². The van der Waals surface area contributed by atoms with Crippen LogP contribution < -0.4 is 4.90 Å². The van der Waals surface area contributed by atoms with Gasteiger partial charge in [0.2, 0.25) is 0 Å². The van der Waals surface area contributed by atoms with Gasteiger partial charge in [-0.3, -0.25) is 0 Å². The molecule has 0 saturated carbocycles. The van der Waals surface area contributed by atoms with E-state index in [2.05, 4.69) is 0 Å². The smallest absolute Gasteiger partial charge is 0.136 e. The van der Waals surface area contributed by atoms with E-state index in [0.717, 1.165) is 11.3 Å². The molecule has 1 fully saturated rings. The number of aliphatic hydroxyl groups is 1. The van der Waals surface area contributed by atoms with Crippen LogP contribution in [0.15, 0.2) is 24.3 Å². The topological polar surface area (TPSA) is 32.7 Å². The van der Waals surface area contributed by atoms with Crippen LogP contribution in [0.1, 0.15) is 5.56 Å². The van der Waals surface area contributed by atoms with E-state index in [0.29, 0.717) is 13.2 Å². The van der Waals surface area contributed by atoms with Crippen LogP contribution in [0.25, 0.3) is 0 Å². The van der Waals surface area contributed by atoms with E-state index in [9.17, 15) is 5.11 Å². The Hall–Kier alpha value is -1.06. The fourth-order valence-electron chi connectivity index (χ4n) is 1.53. The second-order valence-electron chi connectivity index (χ2n) is 3.97. The Morgan fingerprint density at radius 3 is 2.14 bits per heavy atom. The number of benzene rings is 1. The molecule has 0 unspecified atom stereocenters. The Labute approximate surface area is 83.9 Å². The van der Waals surface area contributed by atoms with Gasteiger partial charge in [-0.1, -0.05) is 12.1 Å². The average Bonchev–Trinajstić information content (AvgIpc) is 2.14. The lowest BCUT2D eigenvalue weighted by molar-refractivity contribution is -0.184. The van der Waals surface area contributed by atoms with Gasteiger partial charge in [-0.15, -0.1) is 0 Å².